The summed E-state index contributed by atoms with van der Waals surface area (Å²) in [7, 11) is 0. The van der Waals surface area contributed by atoms with Gasteiger partial charge in [0.2, 0.25) is 0 Å². The van der Waals surface area contributed by atoms with Crippen LogP contribution in [0, 0.1) is 0 Å². The minimum atomic E-state index is -4.31. The van der Waals surface area contributed by atoms with Crippen molar-refractivity contribution in [3.63, 3.8) is 0 Å². The number of rotatable bonds is 7. The number of aryl methyl sites for hydroxylation is 1. The van der Waals surface area contributed by atoms with Gasteiger partial charge >= 0.3 is 6.18 Å². The average Bonchev–Trinajstić information content (AvgIpc) is 3.07. The Labute approximate surface area is 155 Å². The van der Waals surface area contributed by atoms with E-state index in [9.17, 15) is 13.2 Å². The lowest BCUT2D eigenvalue weighted by atomic mass is 10.1. The molecule has 0 radical (unpaired) electrons. The summed E-state index contributed by atoms with van der Waals surface area (Å²) in [6, 6.07) is 5.08. The third-order valence-electron chi connectivity index (χ3n) is 3.63. The second kappa shape index (κ2) is 9.56. The van der Waals surface area contributed by atoms with Gasteiger partial charge in [-0.3, -0.25) is 0 Å². The number of aromatic nitrogens is 1. The van der Waals surface area contributed by atoms with Crippen molar-refractivity contribution in [3.8, 4) is 0 Å². The first-order valence-electron chi connectivity index (χ1n) is 8.54. The smallest absolute Gasteiger partial charge is 0.357 e. The predicted octanol–water partition coefficient (Wildman–Crippen LogP) is 4.02. The van der Waals surface area contributed by atoms with Crippen molar-refractivity contribution in [1.82, 2.24) is 15.6 Å². The van der Waals surface area contributed by atoms with Gasteiger partial charge in [-0.15, -0.1) is 11.3 Å². The number of guanidine groups is 1. The molecule has 8 heteroatoms. The molecule has 2 rings (SSSR count). The Kier molecular flexibility index (Phi) is 7.44. The van der Waals surface area contributed by atoms with Crippen LogP contribution in [0.5, 0.6) is 0 Å². The highest BCUT2D eigenvalue weighted by atomic mass is 32.1. The lowest BCUT2D eigenvalue weighted by Gasteiger charge is -2.11. The minimum Gasteiger partial charge on any atom is -0.357 e. The van der Waals surface area contributed by atoms with Crippen LogP contribution in [0.15, 0.2) is 35.5 Å². The van der Waals surface area contributed by atoms with Crippen LogP contribution in [-0.2, 0) is 25.6 Å². The molecule has 1 heterocycles. The number of aliphatic imine (C=N–C) groups is 1. The summed E-state index contributed by atoms with van der Waals surface area (Å²) in [5.74, 6) is 0.639. The van der Waals surface area contributed by atoms with Crippen LogP contribution in [0.2, 0.25) is 0 Å². The maximum absolute atomic E-state index is 12.6. The number of hydrogen-bond donors (Lipinski definition) is 2. The van der Waals surface area contributed by atoms with E-state index in [4.69, 9.17) is 0 Å². The van der Waals surface area contributed by atoms with Gasteiger partial charge in [-0.25, -0.2) is 9.98 Å². The largest absolute Gasteiger partial charge is 0.416 e. The number of thiazole rings is 1. The summed E-state index contributed by atoms with van der Waals surface area (Å²) >= 11 is 1.71. The topological polar surface area (TPSA) is 49.3 Å². The fraction of sp³-hybridized carbons (Fsp3) is 0.444. The summed E-state index contributed by atoms with van der Waals surface area (Å²) in [6.07, 6.45) is -0.618. The monoisotopic (exact) mass is 384 g/mol. The van der Waals surface area contributed by atoms with Crippen molar-refractivity contribution in [1.29, 1.82) is 0 Å². The highest BCUT2D eigenvalue weighted by Gasteiger charge is 2.29. The van der Waals surface area contributed by atoms with Crippen LogP contribution >= 0.6 is 11.3 Å². The molecular formula is C18H23F3N4S. The van der Waals surface area contributed by atoms with Crippen LogP contribution in [-0.4, -0.2) is 24.0 Å². The fourth-order valence-electron chi connectivity index (χ4n) is 2.23. The SMILES string of the molecule is CCNC(=NCc1ccc(C(F)(F)F)cc1)NCCc1ncc(CC)s1. The molecule has 0 unspecified atom stereocenters. The van der Waals surface area contributed by atoms with Gasteiger partial charge in [0, 0.05) is 30.6 Å². The van der Waals surface area contributed by atoms with E-state index in [1.165, 1.54) is 17.0 Å². The molecule has 0 saturated carbocycles. The summed E-state index contributed by atoms with van der Waals surface area (Å²) in [5, 5.41) is 7.44. The molecule has 26 heavy (non-hydrogen) atoms. The van der Waals surface area contributed by atoms with Crippen molar-refractivity contribution in [3.05, 3.63) is 51.5 Å². The molecule has 4 nitrogen and oxygen atoms in total. The van der Waals surface area contributed by atoms with Crippen molar-refractivity contribution >= 4 is 17.3 Å². The third kappa shape index (κ3) is 6.33. The molecule has 0 fully saturated rings. The summed E-state index contributed by atoms with van der Waals surface area (Å²) in [5.41, 5.74) is 0.0767. The highest BCUT2D eigenvalue weighted by Crippen LogP contribution is 2.29. The molecule has 0 aliphatic heterocycles. The first-order chi connectivity index (χ1) is 12.4. The number of halogens is 3. The summed E-state index contributed by atoms with van der Waals surface area (Å²) in [6.45, 7) is 5.77. The second-order valence-corrected chi connectivity index (χ2v) is 6.84. The van der Waals surface area contributed by atoms with Gasteiger partial charge in [-0.2, -0.15) is 13.2 Å². The Balaban J connectivity index is 1.89. The van der Waals surface area contributed by atoms with Gasteiger partial charge in [-0.05, 0) is 31.0 Å². The Morgan fingerprint density at radius 2 is 1.88 bits per heavy atom. The van der Waals surface area contributed by atoms with E-state index in [2.05, 4.69) is 27.5 Å². The van der Waals surface area contributed by atoms with Crippen LogP contribution in [0.1, 0.15) is 34.9 Å². The molecule has 142 valence electrons. The van der Waals surface area contributed by atoms with E-state index in [0.717, 1.165) is 35.5 Å². The number of nitrogens with zero attached hydrogens (tertiary/aromatic N) is 2. The molecule has 0 atom stereocenters. The van der Waals surface area contributed by atoms with E-state index in [-0.39, 0.29) is 0 Å². The van der Waals surface area contributed by atoms with Gasteiger partial charge in [0.1, 0.15) is 0 Å². The average molecular weight is 384 g/mol. The minimum absolute atomic E-state index is 0.310. The Bertz CT molecular complexity index is 708. The molecular weight excluding hydrogens is 361 g/mol. The second-order valence-electron chi connectivity index (χ2n) is 5.64. The maximum atomic E-state index is 12.6. The normalized spacial score (nSPS) is 12.3. The zero-order chi connectivity index (χ0) is 19.0. The van der Waals surface area contributed by atoms with Gasteiger partial charge in [0.15, 0.2) is 5.96 Å². The van der Waals surface area contributed by atoms with E-state index < -0.39 is 11.7 Å². The van der Waals surface area contributed by atoms with Gasteiger partial charge < -0.3 is 10.6 Å². The number of benzene rings is 1. The molecule has 0 aliphatic carbocycles. The number of hydrogen-bond acceptors (Lipinski definition) is 3. The Hall–Kier alpha value is -2.09. The molecule has 0 aliphatic rings. The molecule has 0 amide bonds. The van der Waals surface area contributed by atoms with Gasteiger partial charge in [-0.1, -0.05) is 19.1 Å². The first-order valence-corrected chi connectivity index (χ1v) is 9.36. The van der Waals surface area contributed by atoms with Gasteiger partial charge in [0.25, 0.3) is 0 Å². The fourth-order valence-corrected chi connectivity index (χ4v) is 3.09. The predicted molar refractivity (Wildman–Crippen MR) is 99.5 cm³/mol. The molecule has 0 saturated heterocycles. The van der Waals surface area contributed by atoms with Crippen molar-refractivity contribution < 1.29 is 13.2 Å². The highest BCUT2D eigenvalue weighted by molar-refractivity contribution is 7.11. The maximum Gasteiger partial charge on any atom is 0.416 e. The molecule has 1 aromatic carbocycles. The molecule has 2 aromatic rings. The lowest BCUT2D eigenvalue weighted by molar-refractivity contribution is -0.137. The van der Waals surface area contributed by atoms with Crippen LogP contribution in [0.4, 0.5) is 13.2 Å². The van der Waals surface area contributed by atoms with E-state index in [1.807, 2.05) is 13.1 Å². The van der Waals surface area contributed by atoms with E-state index >= 15 is 0 Å². The standard InChI is InChI=1S/C18H23F3N4S/c1-3-15-12-24-16(26-15)9-10-23-17(22-4-2)25-11-13-5-7-14(8-6-13)18(19,20)21/h5-8,12H,3-4,9-11H2,1-2H3,(H2,22,23,25). The van der Waals surface area contributed by atoms with Crippen LogP contribution in [0.25, 0.3) is 0 Å². The quantitative estimate of drug-likeness (QED) is 0.560. The van der Waals surface area contributed by atoms with E-state index in [0.29, 0.717) is 25.6 Å². The lowest BCUT2D eigenvalue weighted by Crippen LogP contribution is -2.38. The summed E-state index contributed by atoms with van der Waals surface area (Å²) in [4.78, 5) is 10.1. The Morgan fingerprint density at radius 1 is 1.15 bits per heavy atom. The van der Waals surface area contributed by atoms with Crippen molar-refractivity contribution in [2.45, 2.75) is 39.4 Å². The molecule has 1 aromatic heterocycles. The first kappa shape index (κ1) is 20.2. The van der Waals surface area contributed by atoms with Gasteiger partial charge in [0.05, 0.1) is 17.1 Å². The number of nitrogens with one attached hydrogen (secondary N) is 2. The van der Waals surface area contributed by atoms with E-state index in [1.54, 1.807) is 11.3 Å². The van der Waals surface area contributed by atoms with Crippen LogP contribution in [0.3, 0.4) is 0 Å². The van der Waals surface area contributed by atoms with Crippen molar-refractivity contribution in [2.75, 3.05) is 13.1 Å². The van der Waals surface area contributed by atoms with Crippen molar-refractivity contribution in [2.24, 2.45) is 4.99 Å². The molecule has 2 N–H and O–H groups in total. The van der Waals surface area contributed by atoms with Crippen LogP contribution < -0.4 is 10.6 Å². The summed E-state index contributed by atoms with van der Waals surface area (Å²) < 4.78 is 37.8. The Morgan fingerprint density at radius 3 is 2.46 bits per heavy atom. The zero-order valence-electron chi connectivity index (χ0n) is 14.9. The molecule has 0 spiro atoms. The zero-order valence-corrected chi connectivity index (χ0v) is 15.7. The third-order valence-corrected chi connectivity index (χ3v) is 4.83. The molecule has 0 bridgehead atoms. The number of alkyl halides is 3.